The number of nitrogens with two attached hydrogens (primary N) is 1. The van der Waals surface area contributed by atoms with Crippen molar-refractivity contribution in [3.05, 3.63) is 0 Å². The third kappa shape index (κ3) is 2.97. The lowest BCUT2D eigenvalue weighted by Gasteiger charge is -2.30. The third-order valence-electron chi connectivity index (χ3n) is 2.18. The Morgan fingerprint density at radius 3 is 2.93 bits per heavy atom. The highest BCUT2D eigenvalue weighted by molar-refractivity contribution is 5.80. The van der Waals surface area contributed by atoms with Crippen LogP contribution in [0.4, 0.5) is 0 Å². The molecule has 1 atom stereocenters. The summed E-state index contributed by atoms with van der Waals surface area (Å²) in [6, 6.07) is -0.367. The number of hydrogen-bond acceptors (Lipinski definition) is 5. The number of carbonyl (C=O) groups excluding carboxylic acids is 2. The average Bonchev–Trinajstić information content (AvgIpc) is 2.18. The zero-order valence-electron chi connectivity index (χ0n) is 8.16. The fourth-order valence-corrected chi connectivity index (χ4v) is 1.39. The monoisotopic (exact) mass is 201 g/mol. The molecule has 1 amide bonds. The summed E-state index contributed by atoms with van der Waals surface area (Å²) in [4.78, 5) is 23.7. The van der Waals surface area contributed by atoms with E-state index < -0.39 is 0 Å². The molecule has 0 spiro atoms. The van der Waals surface area contributed by atoms with Gasteiger partial charge < -0.3 is 15.8 Å². The van der Waals surface area contributed by atoms with Crippen molar-refractivity contribution in [3.63, 3.8) is 0 Å². The van der Waals surface area contributed by atoms with Crippen LogP contribution in [0.3, 0.4) is 0 Å². The first-order chi connectivity index (χ1) is 6.63. The summed E-state index contributed by atoms with van der Waals surface area (Å²) in [5, 5.41) is 2.97. The second-order valence-corrected chi connectivity index (χ2v) is 3.22. The molecule has 0 aromatic heterocycles. The summed E-state index contributed by atoms with van der Waals surface area (Å²) >= 11 is 0. The minimum Gasteiger partial charge on any atom is -0.468 e. The van der Waals surface area contributed by atoms with E-state index in [2.05, 4.69) is 10.1 Å². The molecule has 1 saturated heterocycles. The summed E-state index contributed by atoms with van der Waals surface area (Å²) in [5.74, 6) is -0.685. The van der Waals surface area contributed by atoms with Crippen LogP contribution in [0.2, 0.25) is 0 Å². The number of piperazine rings is 1. The van der Waals surface area contributed by atoms with Crippen LogP contribution < -0.4 is 11.1 Å². The van der Waals surface area contributed by atoms with Gasteiger partial charge in [0.1, 0.15) is 0 Å². The van der Waals surface area contributed by atoms with Crippen molar-refractivity contribution in [1.29, 1.82) is 0 Å². The minimum absolute atomic E-state index is 0.210. The molecule has 1 heterocycles. The summed E-state index contributed by atoms with van der Waals surface area (Å²) in [5.41, 5.74) is 5.15. The number of methoxy groups -OCH3 is 1. The lowest BCUT2D eigenvalue weighted by Crippen LogP contribution is -2.56. The molecule has 0 aromatic rings. The van der Waals surface area contributed by atoms with E-state index >= 15 is 0 Å². The summed E-state index contributed by atoms with van der Waals surface area (Å²) in [6.45, 7) is 2.05. The van der Waals surface area contributed by atoms with Gasteiger partial charge in [0.05, 0.1) is 19.7 Å². The molecular weight excluding hydrogens is 186 g/mol. The minimum atomic E-state index is -0.389. The molecule has 0 aromatic carbocycles. The first-order valence-electron chi connectivity index (χ1n) is 4.45. The molecule has 1 aliphatic heterocycles. The van der Waals surface area contributed by atoms with Gasteiger partial charge >= 0.3 is 5.97 Å². The molecule has 14 heavy (non-hydrogen) atoms. The highest BCUT2D eigenvalue weighted by Crippen LogP contribution is 1.98. The molecule has 80 valence electrons. The molecule has 0 saturated carbocycles. The van der Waals surface area contributed by atoms with Crippen molar-refractivity contribution >= 4 is 11.9 Å². The van der Waals surface area contributed by atoms with E-state index in [9.17, 15) is 9.59 Å². The van der Waals surface area contributed by atoms with E-state index in [0.29, 0.717) is 13.1 Å². The molecule has 1 rings (SSSR count). The number of carbonyl (C=O) groups is 2. The Kier molecular flexibility index (Phi) is 3.84. The molecule has 1 aliphatic rings. The van der Waals surface area contributed by atoms with Crippen LogP contribution in [0.5, 0.6) is 0 Å². The summed E-state index contributed by atoms with van der Waals surface area (Å²) < 4.78 is 4.53. The maximum atomic E-state index is 11.0. The number of primary amides is 1. The van der Waals surface area contributed by atoms with Crippen LogP contribution in [0, 0.1) is 0 Å². The van der Waals surface area contributed by atoms with Crippen molar-refractivity contribution < 1.29 is 14.3 Å². The molecule has 0 aliphatic carbocycles. The van der Waals surface area contributed by atoms with Crippen LogP contribution in [-0.2, 0) is 14.3 Å². The maximum Gasteiger partial charge on any atom is 0.319 e. The zero-order chi connectivity index (χ0) is 10.6. The van der Waals surface area contributed by atoms with Gasteiger partial charge in [-0.25, -0.2) is 0 Å². The van der Waals surface area contributed by atoms with E-state index in [1.807, 2.05) is 4.90 Å². The molecule has 0 radical (unpaired) electrons. The number of hydrogen-bond donors (Lipinski definition) is 2. The Balaban J connectivity index is 2.40. The number of amides is 1. The van der Waals surface area contributed by atoms with Gasteiger partial charge in [-0.05, 0) is 0 Å². The number of rotatable bonds is 3. The number of nitrogens with zero attached hydrogens (tertiary/aromatic N) is 1. The predicted molar refractivity (Wildman–Crippen MR) is 49.4 cm³/mol. The zero-order valence-corrected chi connectivity index (χ0v) is 8.16. The Labute approximate surface area is 82.4 Å². The van der Waals surface area contributed by atoms with Gasteiger partial charge in [-0.15, -0.1) is 0 Å². The number of nitrogens with one attached hydrogen (secondary N) is 1. The van der Waals surface area contributed by atoms with Crippen molar-refractivity contribution in [2.24, 2.45) is 5.73 Å². The van der Waals surface area contributed by atoms with Gasteiger partial charge in [-0.1, -0.05) is 0 Å². The quantitative estimate of drug-likeness (QED) is 0.512. The third-order valence-corrected chi connectivity index (χ3v) is 2.18. The van der Waals surface area contributed by atoms with Gasteiger partial charge in [-0.2, -0.15) is 0 Å². The lowest BCUT2D eigenvalue weighted by molar-refractivity contribution is -0.142. The highest BCUT2D eigenvalue weighted by Gasteiger charge is 2.24. The predicted octanol–water partition coefficient (Wildman–Crippen LogP) is -2.08. The number of esters is 1. The molecule has 1 fully saturated rings. The highest BCUT2D eigenvalue weighted by atomic mass is 16.5. The first-order valence-corrected chi connectivity index (χ1v) is 4.45. The van der Waals surface area contributed by atoms with Gasteiger partial charge in [0.2, 0.25) is 5.91 Å². The van der Waals surface area contributed by atoms with Crippen LogP contribution in [0.25, 0.3) is 0 Å². The maximum absolute atomic E-state index is 11.0. The van der Waals surface area contributed by atoms with E-state index in [0.717, 1.165) is 6.54 Å². The van der Waals surface area contributed by atoms with Crippen molar-refractivity contribution in [3.8, 4) is 0 Å². The van der Waals surface area contributed by atoms with Gasteiger partial charge in [-0.3, -0.25) is 14.5 Å². The molecule has 6 nitrogen and oxygen atoms in total. The van der Waals surface area contributed by atoms with Crippen molar-refractivity contribution in [2.45, 2.75) is 6.04 Å². The fourth-order valence-electron chi connectivity index (χ4n) is 1.39. The Morgan fingerprint density at radius 2 is 2.36 bits per heavy atom. The lowest BCUT2D eigenvalue weighted by atomic mass is 10.2. The topological polar surface area (TPSA) is 84.7 Å². The van der Waals surface area contributed by atoms with E-state index in [1.165, 1.54) is 7.11 Å². The fraction of sp³-hybridized carbons (Fsp3) is 0.750. The van der Waals surface area contributed by atoms with Crippen LogP contribution in [-0.4, -0.2) is 56.1 Å². The Morgan fingerprint density at radius 1 is 1.64 bits per heavy atom. The van der Waals surface area contributed by atoms with E-state index in [-0.39, 0.29) is 24.5 Å². The van der Waals surface area contributed by atoms with E-state index in [4.69, 9.17) is 5.73 Å². The molecular formula is C8H15N3O3. The second-order valence-electron chi connectivity index (χ2n) is 3.22. The van der Waals surface area contributed by atoms with E-state index in [1.54, 1.807) is 0 Å². The number of ether oxygens (including phenoxy) is 1. The Hall–Kier alpha value is -1.14. The summed E-state index contributed by atoms with van der Waals surface area (Å²) in [7, 11) is 1.34. The van der Waals surface area contributed by atoms with Crippen LogP contribution in [0.15, 0.2) is 0 Å². The Bertz CT molecular complexity index is 232. The molecule has 1 unspecified atom stereocenters. The van der Waals surface area contributed by atoms with Crippen molar-refractivity contribution in [1.82, 2.24) is 10.2 Å². The molecule has 3 N–H and O–H groups in total. The summed E-state index contributed by atoms with van der Waals surface area (Å²) in [6.07, 6.45) is 0. The normalized spacial score (nSPS) is 23.1. The molecule has 0 bridgehead atoms. The average molecular weight is 201 g/mol. The van der Waals surface area contributed by atoms with Crippen molar-refractivity contribution in [2.75, 3.05) is 33.3 Å². The van der Waals surface area contributed by atoms with Crippen LogP contribution >= 0.6 is 0 Å². The second kappa shape index (κ2) is 4.92. The SMILES string of the molecule is COC(=O)CN1CCNC(C(N)=O)C1. The van der Waals surface area contributed by atoms with Crippen LogP contribution in [0.1, 0.15) is 0 Å². The molecule has 6 heteroatoms. The van der Waals surface area contributed by atoms with Gasteiger partial charge in [0.25, 0.3) is 0 Å². The smallest absolute Gasteiger partial charge is 0.319 e. The van der Waals surface area contributed by atoms with Gasteiger partial charge in [0.15, 0.2) is 0 Å². The standard InChI is InChI=1S/C8H15N3O3/c1-14-7(12)5-11-3-2-10-6(4-11)8(9)13/h6,10H,2-5H2,1H3,(H2,9,13). The largest absolute Gasteiger partial charge is 0.468 e. The van der Waals surface area contributed by atoms with Gasteiger partial charge in [0, 0.05) is 19.6 Å². The first kappa shape index (κ1) is 10.9.